The molecule has 3 atom stereocenters. The Labute approximate surface area is 194 Å². The third kappa shape index (κ3) is 5.41. The highest BCUT2D eigenvalue weighted by Gasteiger charge is 2.48. The van der Waals surface area contributed by atoms with Crippen LogP contribution in [-0.4, -0.2) is 58.9 Å². The first-order valence-electron chi connectivity index (χ1n) is 9.61. The van der Waals surface area contributed by atoms with Gasteiger partial charge < -0.3 is 20.1 Å². The molecule has 2 N–H and O–H groups in total. The van der Waals surface area contributed by atoms with E-state index in [1.54, 1.807) is 36.4 Å². The molecule has 0 aromatic heterocycles. The summed E-state index contributed by atoms with van der Waals surface area (Å²) in [5.41, 5.74) is 1.25. The molecule has 2 fully saturated rings. The number of phenolic OH excluding ortho intramolecular Hbond substituents is 1. The third-order valence-electron chi connectivity index (χ3n) is 5.41. The van der Waals surface area contributed by atoms with Crippen LogP contribution in [0, 0.1) is 0 Å². The van der Waals surface area contributed by atoms with Gasteiger partial charge >= 0.3 is 0 Å². The van der Waals surface area contributed by atoms with E-state index in [0.717, 1.165) is 5.56 Å². The average Bonchev–Trinajstić information content (AvgIpc) is 3.32. The maximum absolute atomic E-state index is 13.3. The molecule has 2 aliphatic heterocycles. The molecule has 0 unspecified atom stereocenters. The fraction of sp³-hybridized carbons (Fsp3) is 0.318. The minimum Gasteiger partial charge on any atom is -0.508 e. The Morgan fingerprint density at radius 3 is 2.45 bits per heavy atom. The normalized spacial score (nSPS) is 20.3. The van der Waals surface area contributed by atoms with E-state index in [-0.39, 0.29) is 69.5 Å². The SMILES string of the molecule is O=C(N[C@@H](Cc1ccc(O)cc1)C(=O)N1CC[C@H]2OCC(=O)[C@H]21)c1ccccc1.S.S. The van der Waals surface area contributed by atoms with E-state index in [1.165, 1.54) is 17.0 Å². The van der Waals surface area contributed by atoms with E-state index in [4.69, 9.17) is 4.74 Å². The Morgan fingerprint density at radius 2 is 1.77 bits per heavy atom. The third-order valence-corrected chi connectivity index (χ3v) is 5.41. The molecule has 2 aliphatic rings. The smallest absolute Gasteiger partial charge is 0.251 e. The summed E-state index contributed by atoms with van der Waals surface area (Å²) in [6.45, 7) is 0.450. The maximum atomic E-state index is 13.3. The van der Waals surface area contributed by atoms with Gasteiger partial charge in [0.05, 0.1) is 6.10 Å². The molecule has 2 amide bonds. The Kier molecular flexibility index (Phi) is 8.55. The lowest BCUT2D eigenvalue weighted by molar-refractivity contribution is -0.138. The lowest BCUT2D eigenvalue weighted by Gasteiger charge is -2.27. The number of benzene rings is 2. The molecule has 4 rings (SSSR count). The Morgan fingerprint density at radius 1 is 1.10 bits per heavy atom. The predicted octanol–water partition coefficient (Wildman–Crippen LogP) is 1.53. The zero-order valence-corrected chi connectivity index (χ0v) is 18.8. The Hall–Kier alpha value is -2.49. The van der Waals surface area contributed by atoms with Gasteiger partial charge in [-0.3, -0.25) is 14.4 Å². The van der Waals surface area contributed by atoms with Gasteiger partial charge in [0.25, 0.3) is 5.91 Å². The van der Waals surface area contributed by atoms with Gasteiger partial charge in [-0.15, -0.1) is 0 Å². The van der Waals surface area contributed by atoms with E-state index in [0.29, 0.717) is 18.5 Å². The van der Waals surface area contributed by atoms with Crippen LogP contribution >= 0.6 is 27.0 Å². The molecule has 0 spiro atoms. The number of carbonyl (C=O) groups is 3. The number of hydrogen-bond acceptors (Lipinski definition) is 5. The molecule has 7 nitrogen and oxygen atoms in total. The van der Waals surface area contributed by atoms with Gasteiger partial charge in [-0.2, -0.15) is 27.0 Å². The fourth-order valence-corrected chi connectivity index (χ4v) is 3.94. The second kappa shape index (κ2) is 10.7. The molecule has 31 heavy (non-hydrogen) atoms. The number of aromatic hydroxyl groups is 1. The Bertz CT molecular complexity index is 923. The maximum Gasteiger partial charge on any atom is 0.251 e. The van der Waals surface area contributed by atoms with E-state index in [9.17, 15) is 19.5 Å². The first-order chi connectivity index (χ1) is 14.0. The van der Waals surface area contributed by atoms with Crippen molar-refractivity contribution in [1.82, 2.24) is 10.2 Å². The number of amides is 2. The Balaban J connectivity index is 0.00000171. The lowest BCUT2D eigenvalue weighted by Crippen LogP contribution is -2.53. The molecule has 0 radical (unpaired) electrons. The van der Waals surface area contributed by atoms with E-state index in [1.807, 2.05) is 6.07 Å². The zero-order valence-electron chi connectivity index (χ0n) is 16.8. The van der Waals surface area contributed by atoms with Crippen molar-refractivity contribution in [3.8, 4) is 5.75 Å². The molecule has 9 heteroatoms. The number of hydrogen-bond donors (Lipinski definition) is 2. The largest absolute Gasteiger partial charge is 0.508 e. The molecule has 2 aromatic carbocycles. The second-order valence-electron chi connectivity index (χ2n) is 7.34. The molecule has 0 saturated carbocycles. The summed E-state index contributed by atoms with van der Waals surface area (Å²) in [7, 11) is 0. The van der Waals surface area contributed by atoms with Crippen molar-refractivity contribution in [2.45, 2.75) is 31.0 Å². The van der Waals surface area contributed by atoms with Crippen molar-refractivity contribution in [3.63, 3.8) is 0 Å². The molecule has 2 saturated heterocycles. The highest BCUT2D eigenvalue weighted by Crippen LogP contribution is 2.28. The predicted molar refractivity (Wildman–Crippen MR) is 125 cm³/mol. The number of fused-ring (bicyclic) bond motifs is 1. The number of nitrogens with zero attached hydrogens (tertiary/aromatic N) is 1. The van der Waals surface area contributed by atoms with Gasteiger partial charge in [-0.05, 0) is 36.2 Å². The summed E-state index contributed by atoms with van der Waals surface area (Å²) in [4.78, 5) is 39.8. The van der Waals surface area contributed by atoms with E-state index >= 15 is 0 Å². The zero-order chi connectivity index (χ0) is 20.4. The first kappa shape index (κ1) is 24.8. The summed E-state index contributed by atoms with van der Waals surface area (Å²) in [5, 5.41) is 12.3. The van der Waals surface area contributed by atoms with Crippen LogP contribution in [0.3, 0.4) is 0 Å². The van der Waals surface area contributed by atoms with Crippen molar-refractivity contribution < 1.29 is 24.2 Å². The van der Waals surface area contributed by atoms with Gasteiger partial charge in [-0.1, -0.05) is 30.3 Å². The van der Waals surface area contributed by atoms with Crippen LogP contribution in [0.15, 0.2) is 54.6 Å². The molecule has 0 bridgehead atoms. The van der Waals surface area contributed by atoms with Crippen LogP contribution in [0.5, 0.6) is 5.75 Å². The van der Waals surface area contributed by atoms with Crippen molar-refractivity contribution in [3.05, 3.63) is 65.7 Å². The number of rotatable bonds is 5. The molecule has 166 valence electrons. The summed E-state index contributed by atoms with van der Waals surface area (Å²) in [5.74, 6) is -0.624. The second-order valence-corrected chi connectivity index (χ2v) is 7.34. The van der Waals surface area contributed by atoms with Crippen LogP contribution in [-0.2, 0) is 20.7 Å². The number of carbonyl (C=O) groups excluding carboxylic acids is 3. The molecule has 2 aromatic rings. The lowest BCUT2D eigenvalue weighted by atomic mass is 10.0. The minimum absolute atomic E-state index is 0. The van der Waals surface area contributed by atoms with Crippen LogP contribution in [0.2, 0.25) is 0 Å². The quantitative estimate of drug-likeness (QED) is 0.703. The van der Waals surface area contributed by atoms with Crippen molar-refractivity contribution in [2.75, 3.05) is 13.2 Å². The monoisotopic (exact) mass is 462 g/mol. The molecular weight excluding hydrogens is 436 g/mol. The summed E-state index contributed by atoms with van der Waals surface area (Å²) >= 11 is 0. The standard InChI is InChI=1S/C22H22N2O5.2H2S/c25-16-8-6-14(7-9-16)12-17(23-21(27)15-4-2-1-3-5-15)22(28)24-11-10-19-20(24)18(26)13-29-19;;/h1-9,17,19-20,25H,10-13H2,(H,23,27);2*1H2/t17-,19+,20+;;/m0../s1. The van der Waals surface area contributed by atoms with Gasteiger partial charge in [0, 0.05) is 18.5 Å². The van der Waals surface area contributed by atoms with Crippen molar-refractivity contribution >= 4 is 44.6 Å². The summed E-state index contributed by atoms with van der Waals surface area (Å²) in [6, 6.07) is 13.8. The summed E-state index contributed by atoms with van der Waals surface area (Å²) in [6.07, 6.45) is 0.604. The topological polar surface area (TPSA) is 95.9 Å². The first-order valence-corrected chi connectivity index (χ1v) is 9.61. The average molecular weight is 463 g/mol. The van der Waals surface area contributed by atoms with Gasteiger partial charge in [0.15, 0.2) is 5.78 Å². The van der Waals surface area contributed by atoms with Gasteiger partial charge in [-0.25, -0.2) is 0 Å². The van der Waals surface area contributed by atoms with Gasteiger partial charge in [0.1, 0.15) is 24.4 Å². The number of ketones is 1. The highest BCUT2D eigenvalue weighted by atomic mass is 32.1. The number of likely N-dealkylation sites (tertiary alicyclic amines) is 1. The highest BCUT2D eigenvalue weighted by molar-refractivity contribution is 7.59. The minimum atomic E-state index is -0.834. The number of ether oxygens (including phenoxy) is 1. The molecular formula is C22H26N2O5S2. The van der Waals surface area contributed by atoms with Crippen molar-refractivity contribution in [1.29, 1.82) is 0 Å². The fourth-order valence-electron chi connectivity index (χ4n) is 3.94. The van der Waals surface area contributed by atoms with Crippen LogP contribution in [0.25, 0.3) is 0 Å². The molecule has 0 aliphatic carbocycles. The van der Waals surface area contributed by atoms with Crippen molar-refractivity contribution in [2.24, 2.45) is 0 Å². The molecule has 2 heterocycles. The summed E-state index contributed by atoms with van der Waals surface area (Å²) < 4.78 is 5.47. The number of phenols is 1. The van der Waals surface area contributed by atoms with Crippen LogP contribution in [0.4, 0.5) is 0 Å². The van der Waals surface area contributed by atoms with Gasteiger partial charge in [0.2, 0.25) is 5.91 Å². The van der Waals surface area contributed by atoms with Crippen LogP contribution in [0.1, 0.15) is 22.3 Å². The number of Topliss-reactive ketones (excluding diaryl/α,β-unsaturated/α-hetero) is 1. The van der Waals surface area contributed by atoms with Crippen LogP contribution < -0.4 is 5.32 Å². The van der Waals surface area contributed by atoms with E-state index < -0.39 is 12.1 Å². The van der Waals surface area contributed by atoms with E-state index in [2.05, 4.69) is 5.32 Å². The number of nitrogens with one attached hydrogen (secondary N) is 1.